The third-order valence-corrected chi connectivity index (χ3v) is 6.37. The molecule has 0 aromatic rings. The Morgan fingerprint density at radius 1 is 0.900 bits per heavy atom. The molecule has 0 radical (unpaired) electrons. The van der Waals surface area contributed by atoms with E-state index < -0.39 is 12.0 Å². The van der Waals surface area contributed by atoms with Crippen molar-refractivity contribution in [2.75, 3.05) is 6.54 Å². The lowest BCUT2D eigenvalue weighted by Gasteiger charge is -2.24. The average molecular weight is 277 g/mol. The third kappa shape index (κ3) is 1.73. The second-order valence-corrected chi connectivity index (χ2v) is 7.27. The number of carboxylic acids is 1. The van der Waals surface area contributed by atoms with Crippen LogP contribution in [0.25, 0.3) is 0 Å². The van der Waals surface area contributed by atoms with Crippen molar-refractivity contribution < 1.29 is 14.7 Å². The van der Waals surface area contributed by atoms with Gasteiger partial charge in [-0.1, -0.05) is 19.3 Å². The summed E-state index contributed by atoms with van der Waals surface area (Å²) in [7, 11) is 0. The van der Waals surface area contributed by atoms with E-state index in [9.17, 15) is 14.7 Å². The molecule has 1 saturated heterocycles. The number of hydrogen-bond acceptors (Lipinski definition) is 2. The summed E-state index contributed by atoms with van der Waals surface area (Å²) < 4.78 is 0. The summed E-state index contributed by atoms with van der Waals surface area (Å²) in [5.41, 5.74) is 0. The number of rotatable bonds is 2. The lowest BCUT2D eigenvalue weighted by molar-refractivity contribution is -0.150. The molecule has 0 bridgehead atoms. The van der Waals surface area contributed by atoms with Gasteiger partial charge in [0.15, 0.2) is 0 Å². The highest BCUT2D eigenvalue weighted by Gasteiger charge is 2.59. The topological polar surface area (TPSA) is 57.6 Å². The highest BCUT2D eigenvalue weighted by Crippen LogP contribution is 2.57. The van der Waals surface area contributed by atoms with Gasteiger partial charge in [0, 0.05) is 12.5 Å². The molecule has 1 amide bonds. The van der Waals surface area contributed by atoms with Crippen molar-refractivity contribution in [3.05, 3.63) is 0 Å². The maximum atomic E-state index is 12.8. The molecule has 0 aromatic carbocycles. The van der Waals surface area contributed by atoms with Gasteiger partial charge in [-0.05, 0) is 49.4 Å². The number of carbonyl (C=O) groups is 2. The number of fused-ring (bicyclic) bond motifs is 2. The lowest BCUT2D eigenvalue weighted by atomic mass is 9.94. The second-order valence-electron chi connectivity index (χ2n) is 7.27. The average Bonchev–Trinajstić information content (AvgIpc) is 2.77. The van der Waals surface area contributed by atoms with Gasteiger partial charge in [-0.25, -0.2) is 4.79 Å². The Morgan fingerprint density at radius 3 is 2.20 bits per heavy atom. The first-order chi connectivity index (χ1) is 9.68. The summed E-state index contributed by atoms with van der Waals surface area (Å²) in [6.45, 7) is 0.705. The predicted octanol–water partition coefficient (Wildman–Crippen LogP) is 2.13. The number of carbonyl (C=O) groups excluding carboxylic acids is 1. The van der Waals surface area contributed by atoms with Crippen LogP contribution in [-0.2, 0) is 9.59 Å². The summed E-state index contributed by atoms with van der Waals surface area (Å²) >= 11 is 0. The van der Waals surface area contributed by atoms with E-state index in [1.165, 1.54) is 25.7 Å². The Hall–Kier alpha value is -1.06. The fraction of sp³-hybridized carbons (Fsp3) is 0.875. The Balaban J connectivity index is 1.52. The fourth-order valence-corrected chi connectivity index (χ4v) is 5.40. The molecule has 1 heterocycles. The van der Waals surface area contributed by atoms with E-state index in [4.69, 9.17) is 0 Å². The maximum absolute atomic E-state index is 12.8. The van der Waals surface area contributed by atoms with Crippen LogP contribution in [0.4, 0.5) is 0 Å². The van der Waals surface area contributed by atoms with Crippen molar-refractivity contribution >= 4 is 11.9 Å². The van der Waals surface area contributed by atoms with Crippen LogP contribution >= 0.6 is 0 Å². The van der Waals surface area contributed by atoms with Gasteiger partial charge < -0.3 is 10.0 Å². The minimum absolute atomic E-state index is 0.165. The van der Waals surface area contributed by atoms with E-state index in [2.05, 4.69) is 0 Å². The van der Waals surface area contributed by atoms with E-state index >= 15 is 0 Å². The van der Waals surface area contributed by atoms with Gasteiger partial charge in [-0.15, -0.1) is 0 Å². The van der Waals surface area contributed by atoms with Crippen molar-refractivity contribution in [1.29, 1.82) is 0 Å². The standard InChI is InChI=1S/C16H23NO3/c18-15(13-11-5-1-2-6-12(11)13)17-8-9-4-3-7-10(9)14(17)16(19)20/h9-14H,1-8H2,(H,19,20). The zero-order valence-electron chi connectivity index (χ0n) is 11.8. The van der Waals surface area contributed by atoms with Crippen molar-refractivity contribution in [2.24, 2.45) is 29.6 Å². The van der Waals surface area contributed by atoms with E-state index in [0.29, 0.717) is 24.3 Å². The van der Waals surface area contributed by atoms with Crippen LogP contribution in [0.5, 0.6) is 0 Å². The minimum atomic E-state index is -0.781. The second kappa shape index (κ2) is 4.47. The number of likely N-dealkylation sites (tertiary alicyclic amines) is 1. The molecule has 4 nitrogen and oxygen atoms in total. The predicted molar refractivity (Wildman–Crippen MR) is 72.9 cm³/mol. The van der Waals surface area contributed by atoms with E-state index in [-0.39, 0.29) is 17.7 Å². The van der Waals surface area contributed by atoms with Crippen LogP contribution in [0, 0.1) is 29.6 Å². The van der Waals surface area contributed by atoms with Gasteiger partial charge in [-0.2, -0.15) is 0 Å². The van der Waals surface area contributed by atoms with Crippen LogP contribution in [-0.4, -0.2) is 34.5 Å². The lowest BCUT2D eigenvalue weighted by Crippen LogP contribution is -2.44. The summed E-state index contributed by atoms with van der Waals surface area (Å²) in [6, 6.07) is -0.530. The SMILES string of the molecule is O=C(O)C1C2CCCC2CN1C(=O)C1C2CCCCC21. The molecular formula is C16H23NO3. The molecule has 4 rings (SSSR count). The highest BCUT2D eigenvalue weighted by atomic mass is 16.4. The molecule has 3 saturated carbocycles. The normalized spacial score (nSPS) is 45.9. The molecule has 4 fully saturated rings. The molecule has 4 aliphatic rings. The quantitative estimate of drug-likeness (QED) is 0.841. The summed E-state index contributed by atoms with van der Waals surface area (Å²) in [5, 5.41) is 9.55. The van der Waals surface area contributed by atoms with E-state index in [1.807, 2.05) is 0 Å². The first kappa shape index (κ1) is 12.7. The Bertz CT molecular complexity index is 437. The number of aliphatic carboxylic acids is 1. The molecule has 4 heteroatoms. The molecule has 0 spiro atoms. The molecule has 5 unspecified atom stereocenters. The molecule has 5 atom stereocenters. The first-order valence-electron chi connectivity index (χ1n) is 8.22. The van der Waals surface area contributed by atoms with Gasteiger partial charge in [0.2, 0.25) is 5.91 Å². The zero-order chi connectivity index (χ0) is 13.9. The molecule has 1 N–H and O–H groups in total. The van der Waals surface area contributed by atoms with Crippen molar-refractivity contribution in [3.8, 4) is 0 Å². The van der Waals surface area contributed by atoms with Crippen LogP contribution in [0.1, 0.15) is 44.9 Å². The molecule has 0 aromatic heterocycles. The monoisotopic (exact) mass is 277 g/mol. The van der Waals surface area contributed by atoms with Crippen molar-refractivity contribution in [3.63, 3.8) is 0 Å². The van der Waals surface area contributed by atoms with E-state index in [1.54, 1.807) is 4.90 Å². The number of carboxylic acid groups (broad SMARTS) is 1. The molecule has 1 aliphatic heterocycles. The minimum Gasteiger partial charge on any atom is -0.480 e. The van der Waals surface area contributed by atoms with Gasteiger partial charge in [0.05, 0.1) is 0 Å². The van der Waals surface area contributed by atoms with Crippen LogP contribution in [0.15, 0.2) is 0 Å². The molecule has 20 heavy (non-hydrogen) atoms. The number of nitrogens with zero attached hydrogens (tertiary/aromatic N) is 1. The van der Waals surface area contributed by atoms with Crippen LogP contribution < -0.4 is 0 Å². The van der Waals surface area contributed by atoms with Crippen molar-refractivity contribution in [2.45, 2.75) is 51.0 Å². The zero-order valence-corrected chi connectivity index (χ0v) is 11.8. The van der Waals surface area contributed by atoms with Gasteiger partial charge in [0.25, 0.3) is 0 Å². The summed E-state index contributed by atoms with van der Waals surface area (Å²) in [6.07, 6.45) is 8.09. The van der Waals surface area contributed by atoms with Crippen LogP contribution in [0.2, 0.25) is 0 Å². The number of amides is 1. The van der Waals surface area contributed by atoms with Gasteiger partial charge in [0.1, 0.15) is 6.04 Å². The molecule has 3 aliphatic carbocycles. The smallest absolute Gasteiger partial charge is 0.326 e. The van der Waals surface area contributed by atoms with E-state index in [0.717, 1.165) is 19.3 Å². The van der Waals surface area contributed by atoms with Gasteiger partial charge in [-0.3, -0.25) is 4.79 Å². The fourth-order valence-electron chi connectivity index (χ4n) is 5.40. The highest BCUT2D eigenvalue weighted by molar-refractivity contribution is 5.88. The molecular weight excluding hydrogens is 254 g/mol. The van der Waals surface area contributed by atoms with Crippen LogP contribution in [0.3, 0.4) is 0 Å². The summed E-state index contributed by atoms with van der Waals surface area (Å²) in [4.78, 5) is 26.2. The Kier molecular flexibility index (Phi) is 2.83. The summed E-state index contributed by atoms with van der Waals surface area (Å²) in [5.74, 6) is 1.37. The largest absolute Gasteiger partial charge is 0.480 e. The Labute approximate surface area is 119 Å². The molecule has 110 valence electrons. The maximum Gasteiger partial charge on any atom is 0.326 e. The van der Waals surface area contributed by atoms with Crippen molar-refractivity contribution in [1.82, 2.24) is 4.90 Å². The number of hydrogen-bond donors (Lipinski definition) is 1. The van der Waals surface area contributed by atoms with Gasteiger partial charge >= 0.3 is 5.97 Å². The Morgan fingerprint density at radius 2 is 1.55 bits per heavy atom. The first-order valence-corrected chi connectivity index (χ1v) is 8.22. The third-order valence-electron chi connectivity index (χ3n) is 6.37.